The van der Waals surface area contributed by atoms with Gasteiger partial charge in [0.05, 0.1) is 12.2 Å². The first kappa shape index (κ1) is 15.2. The highest BCUT2D eigenvalue weighted by atomic mass is 16.5. The monoisotopic (exact) mass is 312 g/mol. The second-order valence-corrected chi connectivity index (χ2v) is 5.39. The predicted octanol–water partition coefficient (Wildman–Crippen LogP) is 2.85. The minimum atomic E-state index is -0.471. The van der Waals surface area contributed by atoms with Crippen LogP contribution in [0.4, 0.5) is 11.4 Å². The molecule has 1 aliphatic heterocycles. The Morgan fingerprint density at radius 2 is 2.00 bits per heavy atom. The quantitative estimate of drug-likeness (QED) is 0.862. The molecule has 3 rings (SSSR count). The van der Waals surface area contributed by atoms with Crippen molar-refractivity contribution in [3.63, 3.8) is 0 Å². The third-order valence-electron chi connectivity index (χ3n) is 3.78. The molecular weight excluding hydrogens is 292 g/mol. The highest BCUT2D eigenvalue weighted by molar-refractivity contribution is 6.00. The molecule has 5 heteroatoms. The van der Waals surface area contributed by atoms with Gasteiger partial charge in [-0.3, -0.25) is 4.79 Å². The summed E-state index contributed by atoms with van der Waals surface area (Å²) >= 11 is 0. The zero-order chi connectivity index (χ0) is 16.2. The number of nitrogen functional groups attached to an aromatic ring is 1. The SMILES string of the molecule is CCC1Oc2cc(N)ccc2N(CCOc2ccccc2)C1=O. The van der Waals surface area contributed by atoms with E-state index in [9.17, 15) is 4.79 Å². The van der Waals surface area contributed by atoms with Crippen molar-refractivity contribution in [3.05, 3.63) is 48.5 Å². The number of benzene rings is 2. The number of carbonyl (C=O) groups excluding carboxylic acids is 1. The number of nitrogens with zero attached hydrogens (tertiary/aromatic N) is 1. The molecule has 0 saturated carbocycles. The number of rotatable bonds is 5. The van der Waals surface area contributed by atoms with E-state index in [0.717, 1.165) is 11.4 Å². The number of anilines is 2. The molecule has 1 unspecified atom stereocenters. The molecule has 0 spiro atoms. The molecule has 1 aliphatic rings. The van der Waals surface area contributed by atoms with Gasteiger partial charge in [-0.1, -0.05) is 25.1 Å². The molecule has 1 atom stereocenters. The predicted molar refractivity (Wildman–Crippen MR) is 89.9 cm³/mol. The van der Waals surface area contributed by atoms with E-state index in [2.05, 4.69) is 0 Å². The summed E-state index contributed by atoms with van der Waals surface area (Å²) < 4.78 is 11.5. The Morgan fingerprint density at radius 1 is 1.22 bits per heavy atom. The van der Waals surface area contributed by atoms with Crippen LogP contribution < -0.4 is 20.1 Å². The van der Waals surface area contributed by atoms with Crippen molar-refractivity contribution >= 4 is 17.3 Å². The Morgan fingerprint density at radius 3 is 2.74 bits per heavy atom. The molecule has 1 amide bonds. The lowest BCUT2D eigenvalue weighted by Gasteiger charge is -2.34. The zero-order valence-corrected chi connectivity index (χ0v) is 13.1. The number of carbonyl (C=O) groups is 1. The van der Waals surface area contributed by atoms with Crippen LogP contribution in [0.2, 0.25) is 0 Å². The van der Waals surface area contributed by atoms with Crippen molar-refractivity contribution in [2.75, 3.05) is 23.8 Å². The average Bonchev–Trinajstić information content (AvgIpc) is 2.57. The highest BCUT2D eigenvalue weighted by Crippen LogP contribution is 2.36. The van der Waals surface area contributed by atoms with E-state index in [-0.39, 0.29) is 5.91 Å². The van der Waals surface area contributed by atoms with Crippen LogP contribution in [0.5, 0.6) is 11.5 Å². The summed E-state index contributed by atoms with van der Waals surface area (Å²) in [4.78, 5) is 14.3. The molecular formula is C18H20N2O3. The van der Waals surface area contributed by atoms with E-state index in [1.54, 1.807) is 17.0 Å². The summed E-state index contributed by atoms with van der Waals surface area (Å²) in [6.45, 7) is 2.80. The summed E-state index contributed by atoms with van der Waals surface area (Å²) in [6, 6.07) is 14.9. The number of amides is 1. The Kier molecular flexibility index (Phi) is 4.37. The Bertz CT molecular complexity index is 688. The number of ether oxygens (including phenoxy) is 2. The normalized spacial score (nSPS) is 16.7. The second kappa shape index (κ2) is 6.60. The van der Waals surface area contributed by atoms with Crippen LogP contribution in [-0.2, 0) is 4.79 Å². The molecule has 0 bridgehead atoms. The fourth-order valence-corrected chi connectivity index (χ4v) is 2.60. The fraction of sp³-hybridized carbons (Fsp3) is 0.278. The van der Waals surface area contributed by atoms with Crippen LogP contribution in [0.3, 0.4) is 0 Å². The van der Waals surface area contributed by atoms with Gasteiger partial charge < -0.3 is 20.1 Å². The van der Waals surface area contributed by atoms with Crippen molar-refractivity contribution in [1.29, 1.82) is 0 Å². The number of hydrogen-bond donors (Lipinski definition) is 1. The molecule has 0 aromatic heterocycles. The molecule has 0 radical (unpaired) electrons. The second-order valence-electron chi connectivity index (χ2n) is 5.39. The zero-order valence-electron chi connectivity index (χ0n) is 13.1. The minimum absolute atomic E-state index is 0.0403. The number of hydrogen-bond acceptors (Lipinski definition) is 4. The molecule has 5 nitrogen and oxygen atoms in total. The molecule has 0 fully saturated rings. The third kappa shape index (κ3) is 3.23. The first-order chi connectivity index (χ1) is 11.2. The Labute approximate surface area is 135 Å². The molecule has 0 aliphatic carbocycles. The lowest BCUT2D eigenvalue weighted by Crippen LogP contribution is -2.47. The first-order valence-electron chi connectivity index (χ1n) is 7.74. The van der Waals surface area contributed by atoms with Gasteiger partial charge in [0.1, 0.15) is 18.1 Å². The van der Waals surface area contributed by atoms with Crippen LogP contribution in [0.15, 0.2) is 48.5 Å². The van der Waals surface area contributed by atoms with Crippen molar-refractivity contribution < 1.29 is 14.3 Å². The van der Waals surface area contributed by atoms with Crippen molar-refractivity contribution in [2.24, 2.45) is 0 Å². The van der Waals surface area contributed by atoms with E-state index in [0.29, 0.717) is 31.0 Å². The fourth-order valence-electron chi connectivity index (χ4n) is 2.60. The van der Waals surface area contributed by atoms with Gasteiger partial charge in [-0.25, -0.2) is 0 Å². The molecule has 23 heavy (non-hydrogen) atoms. The molecule has 2 aromatic carbocycles. The van der Waals surface area contributed by atoms with Gasteiger partial charge in [0, 0.05) is 11.8 Å². The standard InChI is InChI=1S/C18H20N2O3/c1-2-16-18(21)20(10-11-22-14-6-4-3-5-7-14)15-9-8-13(19)12-17(15)23-16/h3-9,12,16H,2,10-11,19H2,1H3. The summed E-state index contributed by atoms with van der Waals surface area (Å²) in [5, 5.41) is 0. The highest BCUT2D eigenvalue weighted by Gasteiger charge is 2.33. The van der Waals surface area contributed by atoms with Crippen LogP contribution in [0.1, 0.15) is 13.3 Å². The lowest BCUT2D eigenvalue weighted by atomic mass is 10.1. The third-order valence-corrected chi connectivity index (χ3v) is 3.78. The van der Waals surface area contributed by atoms with Crippen molar-refractivity contribution in [3.8, 4) is 11.5 Å². The van der Waals surface area contributed by atoms with E-state index < -0.39 is 6.10 Å². The van der Waals surface area contributed by atoms with Gasteiger partial charge in [0.25, 0.3) is 5.91 Å². The minimum Gasteiger partial charge on any atom is -0.492 e. The van der Waals surface area contributed by atoms with Gasteiger partial charge in [-0.05, 0) is 30.7 Å². The summed E-state index contributed by atoms with van der Waals surface area (Å²) in [7, 11) is 0. The molecule has 0 saturated heterocycles. The molecule has 2 N–H and O–H groups in total. The van der Waals surface area contributed by atoms with E-state index in [1.165, 1.54) is 0 Å². The van der Waals surface area contributed by atoms with Crippen LogP contribution >= 0.6 is 0 Å². The van der Waals surface area contributed by atoms with Crippen LogP contribution in [-0.4, -0.2) is 25.2 Å². The molecule has 2 aromatic rings. The van der Waals surface area contributed by atoms with Gasteiger partial charge in [0.2, 0.25) is 0 Å². The van der Waals surface area contributed by atoms with Crippen molar-refractivity contribution in [2.45, 2.75) is 19.4 Å². The van der Waals surface area contributed by atoms with E-state index >= 15 is 0 Å². The summed E-state index contributed by atoms with van der Waals surface area (Å²) in [5.74, 6) is 1.40. The van der Waals surface area contributed by atoms with Crippen LogP contribution in [0, 0.1) is 0 Å². The van der Waals surface area contributed by atoms with E-state index in [1.807, 2.05) is 43.3 Å². The largest absolute Gasteiger partial charge is 0.492 e. The maximum absolute atomic E-state index is 12.6. The number of fused-ring (bicyclic) bond motifs is 1. The molecule has 120 valence electrons. The topological polar surface area (TPSA) is 64.8 Å². The van der Waals surface area contributed by atoms with Gasteiger partial charge in [-0.2, -0.15) is 0 Å². The smallest absolute Gasteiger partial charge is 0.268 e. The maximum atomic E-state index is 12.6. The molecule has 1 heterocycles. The number of para-hydroxylation sites is 1. The summed E-state index contributed by atoms with van der Waals surface area (Å²) in [5.41, 5.74) is 7.18. The van der Waals surface area contributed by atoms with E-state index in [4.69, 9.17) is 15.2 Å². The van der Waals surface area contributed by atoms with Gasteiger partial charge in [0.15, 0.2) is 6.10 Å². The average molecular weight is 312 g/mol. The lowest BCUT2D eigenvalue weighted by molar-refractivity contribution is -0.126. The number of nitrogens with two attached hydrogens (primary N) is 1. The van der Waals surface area contributed by atoms with Gasteiger partial charge in [-0.15, -0.1) is 0 Å². The Balaban J connectivity index is 1.75. The maximum Gasteiger partial charge on any atom is 0.268 e. The van der Waals surface area contributed by atoms with Crippen LogP contribution in [0.25, 0.3) is 0 Å². The summed E-state index contributed by atoms with van der Waals surface area (Å²) in [6.07, 6.45) is 0.143. The first-order valence-corrected chi connectivity index (χ1v) is 7.74. The Hall–Kier alpha value is -2.69. The van der Waals surface area contributed by atoms with Crippen molar-refractivity contribution in [1.82, 2.24) is 0 Å². The van der Waals surface area contributed by atoms with Gasteiger partial charge >= 0.3 is 0 Å².